The van der Waals surface area contributed by atoms with Crippen LogP contribution < -0.4 is 5.32 Å². The lowest BCUT2D eigenvalue weighted by atomic mass is 10.1. The molecule has 0 amide bonds. The largest absolute Gasteiger partial charge is 0.481 e. The minimum atomic E-state index is -0.781. The molecule has 0 atom stereocenters. The highest BCUT2D eigenvalue weighted by Crippen LogP contribution is 2.07. The molecule has 2 N–H and O–H groups in total. The molecule has 4 heteroatoms. The monoisotopic (exact) mass is 262 g/mol. The summed E-state index contributed by atoms with van der Waals surface area (Å²) in [6.07, 6.45) is 2.78. The number of carbonyl (C=O) groups is 1. The fraction of sp³-hybridized carbons (Fsp3) is 0.533. The van der Waals surface area contributed by atoms with Gasteiger partial charge in [-0.05, 0) is 37.1 Å². The van der Waals surface area contributed by atoms with Crippen LogP contribution in [0.25, 0.3) is 0 Å². The summed E-state index contributed by atoms with van der Waals surface area (Å²) in [7, 11) is 0. The maximum atomic E-state index is 10.6. The summed E-state index contributed by atoms with van der Waals surface area (Å²) in [5.74, 6) is -0.781. The Bertz CT molecular complexity index is 397. The van der Waals surface area contributed by atoms with E-state index >= 15 is 0 Å². The molecule has 0 unspecified atom stereocenters. The van der Waals surface area contributed by atoms with Crippen LogP contribution in [0.3, 0.4) is 0 Å². The third-order valence-electron chi connectivity index (χ3n) is 3.51. The van der Waals surface area contributed by atoms with Crippen molar-refractivity contribution in [2.24, 2.45) is 0 Å². The Morgan fingerprint density at radius 3 is 2.42 bits per heavy atom. The smallest absolute Gasteiger partial charge is 0.307 e. The highest BCUT2D eigenvalue weighted by Gasteiger charge is 2.09. The van der Waals surface area contributed by atoms with Gasteiger partial charge in [0.05, 0.1) is 6.42 Å². The van der Waals surface area contributed by atoms with Gasteiger partial charge in [0.15, 0.2) is 0 Å². The topological polar surface area (TPSA) is 52.6 Å². The van der Waals surface area contributed by atoms with Crippen molar-refractivity contribution in [1.29, 1.82) is 0 Å². The van der Waals surface area contributed by atoms with E-state index < -0.39 is 5.97 Å². The molecule has 0 bridgehead atoms. The van der Waals surface area contributed by atoms with E-state index in [2.05, 4.69) is 10.2 Å². The van der Waals surface area contributed by atoms with Crippen molar-refractivity contribution in [1.82, 2.24) is 10.2 Å². The van der Waals surface area contributed by atoms with E-state index in [0.717, 1.165) is 25.2 Å². The van der Waals surface area contributed by atoms with Crippen LogP contribution in [-0.2, 0) is 17.8 Å². The maximum absolute atomic E-state index is 10.6. The number of benzene rings is 1. The summed E-state index contributed by atoms with van der Waals surface area (Å²) in [4.78, 5) is 13.1. The van der Waals surface area contributed by atoms with Crippen LogP contribution in [0.5, 0.6) is 0 Å². The van der Waals surface area contributed by atoms with E-state index in [0.29, 0.717) is 0 Å². The maximum Gasteiger partial charge on any atom is 0.307 e. The molecular formula is C15H22N2O2. The Morgan fingerprint density at radius 1 is 1.16 bits per heavy atom. The summed E-state index contributed by atoms with van der Waals surface area (Å²) in [5.41, 5.74) is 2.06. The summed E-state index contributed by atoms with van der Waals surface area (Å²) >= 11 is 0. The molecule has 4 nitrogen and oxygen atoms in total. The fourth-order valence-corrected chi connectivity index (χ4v) is 2.43. The number of hydrogen-bond donors (Lipinski definition) is 2. The second-order valence-corrected chi connectivity index (χ2v) is 5.11. The van der Waals surface area contributed by atoms with Crippen molar-refractivity contribution in [2.75, 3.05) is 26.2 Å². The van der Waals surface area contributed by atoms with Gasteiger partial charge in [0.2, 0.25) is 0 Å². The van der Waals surface area contributed by atoms with Crippen LogP contribution >= 0.6 is 0 Å². The summed E-state index contributed by atoms with van der Waals surface area (Å²) < 4.78 is 0. The number of aliphatic carboxylic acids is 1. The van der Waals surface area contributed by atoms with Crippen molar-refractivity contribution in [3.05, 3.63) is 35.4 Å². The molecule has 19 heavy (non-hydrogen) atoms. The van der Waals surface area contributed by atoms with Gasteiger partial charge in [0.1, 0.15) is 0 Å². The van der Waals surface area contributed by atoms with Crippen molar-refractivity contribution in [3.8, 4) is 0 Å². The molecule has 1 aliphatic rings. The molecule has 0 aromatic heterocycles. The van der Waals surface area contributed by atoms with E-state index in [1.807, 2.05) is 24.3 Å². The lowest BCUT2D eigenvalue weighted by Crippen LogP contribution is -2.29. The normalized spacial score (nSPS) is 15.8. The summed E-state index contributed by atoms with van der Waals surface area (Å²) in [5, 5.41) is 12.1. The van der Waals surface area contributed by atoms with E-state index in [9.17, 15) is 4.79 Å². The van der Waals surface area contributed by atoms with Gasteiger partial charge < -0.3 is 15.3 Å². The standard InChI is InChI=1S/C15H22N2O2/c18-15(19)11-13-3-5-14(6-4-13)12-16-7-10-17-8-1-2-9-17/h3-6,16H,1-2,7-12H2,(H,18,19). The van der Waals surface area contributed by atoms with Gasteiger partial charge in [0, 0.05) is 19.6 Å². The van der Waals surface area contributed by atoms with Gasteiger partial charge in [0.25, 0.3) is 0 Å². The van der Waals surface area contributed by atoms with Crippen molar-refractivity contribution in [2.45, 2.75) is 25.8 Å². The lowest BCUT2D eigenvalue weighted by molar-refractivity contribution is -0.136. The van der Waals surface area contributed by atoms with Gasteiger partial charge in [-0.1, -0.05) is 24.3 Å². The molecule has 1 heterocycles. The zero-order valence-corrected chi connectivity index (χ0v) is 11.3. The number of rotatable bonds is 7. The molecule has 0 aliphatic carbocycles. The molecule has 1 fully saturated rings. The van der Waals surface area contributed by atoms with Crippen LogP contribution in [0.2, 0.25) is 0 Å². The van der Waals surface area contributed by atoms with E-state index in [1.54, 1.807) is 0 Å². The fourth-order valence-electron chi connectivity index (χ4n) is 2.43. The van der Waals surface area contributed by atoms with Crippen LogP contribution in [0.4, 0.5) is 0 Å². The molecule has 0 spiro atoms. The molecule has 1 aromatic rings. The van der Waals surface area contributed by atoms with Crippen molar-refractivity contribution < 1.29 is 9.90 Å². The molecule has 1 saturated heterocycles. The quantitative estimate of drug-likeness (QED) is 0.731. The predicted molar refractivity (Wildman–Crippen MR) is 75.2 cm³/mol. The van der Waals surface area contributed by atoms with E-state index in [4.69, 9.17) is 5.11 Å². The Labute approximate surface area is 114 Å². The zero-order chi connectivity index (χ0) is 13.5. The predicted octanol–water partition coefficient (Wildman–Crippen LogP) is 1.50. The van der Waals surface area contributed by atoms with Gasteiger partial charge in [-0.15, -0.1) is 0 Å². The minimum Gasteiger partial charge on any atom is -0.481 e. The van der Waals surface area contributed by atoms with E-state index in [1.165, 1.54) is 31.5 Å². The Hall–Kier alpha value is -1.39. The highest BCUT2D eigenvalue weighted by atomic mass is 16.4. The van der Waals surface area contributed by atoms with Crippen molar-refractivity contribution in [3.63, 3.8) is 0 Å². The molecule has 1 aliphatic heterocycles. The number of nitrogens with zero attached hydrogens (tertiary/aromatic N) is 1. The van der Waals surface area contributed by atoms with Crippen LogP contribution in [-0.4, -0.2) is 42.2 Å². The first-order valence-corrected chi connectivity index (χ1v) is 6.97. The van der Waals surface area contributed by atoms with Crippen LogP contribution in [0.1, 0.15) is 24.0 Å². The number of carboxylic acids is 1. The third kappa shape index (κ3) is 5.01. The number of carboxylic acid groups (broad SMARTS) is 1. The second kappa shape index (κ2) is 7.26. The molecule has 0 saturated carbocycles. The highest BCUT2D eigenvalue weighted by molar-refractivity contribution is 5.70. The average molecular weight is 262 g/mol. The molecule has 104 valence electrons. The summed E-state index contributed by atoms with van der Waals surface area (Å²) in [6.45, 7) is 5.46. The Kier molecular flexibility index (Phi) is 5.36. The van der Waals surface area contributed by atoms with Crippen LogP contribution in [0.15, 0.2) is 24.3 Å². The zero-order valence-electron chi connectivity index (χ0n) is 11.3. The first-order valence-electron chi connectivity index (χ1n) is 6.97. The van der Waals surface area contributed by atoms with Crippen LogP contribution in [0, 0.1) is 0 Å². The van der Waals surface area contributed by atoms with Gasteiger partial charge >= 0.3 is 5.97 Å². The van der Waals surface area contributed by atoms with Crippen molar-refractivity contribution >= 4 is 5.97 Å². The van der Waals surface area contributed by atoms with E-state index in [-0.39, 0.29) is 6.42 Å². The Balaban J connectivity index is 1.66. The molecule has 2 rings (SSSR count). The van der Waals surface area contributed by atoms with Gasteiger partial charge in [-0.3, -0.25) is 4.79 Å². The lowest BCUT2D eigenvalue weighted by Gasteiger charge is -2.14. The summed E-state index contributed by atoms with van der Waals surface area (Å²) in [6, 6.07) is 7.79. The molecule has 0 radical (unpaired) electrons. The first-order chi connectivity index (χ1) is 9.24. The number of hydrogen-bond acceptors (Lipinski definition) is 3. The minimum absolute atomic E-state index is 0.0999. The Morgan fingerprint density at radius 2 is 1.79 bits per heavy atom. The second-order valence-electron chi connectivity index (χ2n) is 5.11. The molecule has 1 aromatic carbocycles. The van der Waals surface area contributed by atoms with Gasteiger partial charge in [-0.2, -0.15) is 0 Å². The molecular weight excluding hydrogens is 240 g/mol. The first kappa shape index (κ1) is 14.0. The number of nitrogens with one attached hydrogen (secondary N) is 1. The SMILES string of the molecule is O=C(O)Cc1ccc(CNCCN2CCCC2)cc1. The third-order valence-corrected chi connectivity index (χ3v) is 3.51. The number of likely N-dealkylation sites (tertiary alicyclic amines) is 1. The average Bonchev–Trinajstić information content (AvgIpc) is 2.89. The van der Waals surface area contributed by atoms with Gasteiger partial charge in [-0.25, -0.2) is 0 Å².